The second-order valence-corrected chi connectivity index (χ2v) is 5.58. The highest BCUT2D eigenvalue weighted by atomic mass is 32.2. The van der Waals surface area contributed by atoms with Crippen molar-refractivity contribution in [3.05, 3.63) is 54.6 Å². The molecule has 1 aromatic carbocycles. The number of imidazole rings is 1. The molecule has 0 amide bonds. The Morgan fingerprint density at radius 1 is 1.09 bits per heavy atom. The number of pyridine rings is 1. The summed E-state index contributed by atoms with van der Waals surface area (Å²) in [6.07, 6.45) is 5.21. The lowest BCUT2D eigenvalue weighted by Crippen LogP contribution is -1.80. The lowest BCUT2D eigenvalue weighted by atomic mass is 10.2. The number of H-pyrrole nitrogens is 1. The molecule has 4 aromatic rings. The van der Waals surface area contributed by atoms with Crippen LogP contribution in [0.2, 0.25) is 0 Å². The van der Waals surface area contributed by atoms with E-state index in [1.54, 1.807) is 18.7 Å². The van der Waals surface area contributed by atoms with E-state index in [2.05, 4.69) is 25.1 Å². The van der Waals surface area contributed by atoms with Crippen molar-refractivity contribution in [2.75, 3.05) is 0 Å². The highest BCUT2D eigenvalue weighted by Crippen LogP contribution is 2.26. The third kappa shape index (κ3) is 2.58. The van der Waals surface area contributed by atoms with Gasteiger partial charge in [0.15, 0.2) is 0 Å². The van der Waals surface area contributed by atoms with Crippen molar-refractivity contribution in [3.63, 3.8) is 0 Å². The molecule has 22 heavy (non-hydrogen) atoms. The van der Waals surface area contributed by atoms with Gasteiger partial charge in [-0.25, -0.2) is 4.98 Å². The van der Waals surface area contributed by atoms with Gasteiger partial charge in [0.25, 0.3) is 5.22 Å². The quantitative estimate of drug-likeness (QED) is 0.583. The van der Waals surface area contributed by atoms with Gasteiger partial charge in [-0.05, 0) is 35.9 Å². The van der Waals surface area contributed by atoms with Gasteiger partial charge in [-0.1, -0.05) is 11.8 Å². The molecule has 0 saturated carbocycles. The molecule has 0 aliphatic carbocycles. The van der Waals surface area contributed by atoms with Crippen LogP contribution in [0.25, 0.3) is 22.5 Å². The normalized spacial score (nSPS) is 11.1. The van der Waals surface area contributed by atoms with Crippen molar-refractivity contribution in [2.45, 2.75) is 11.0 Å². The van der Waals surface area contributed by atoms with E-state index < -0.39 is 0 Å². The third-order valence-electron chi connectivity index (χ3n) is 3.19. The summed E-state index contributed by atoms with van der Waals surface area (Å²) in [7, 11) is 0. The summed E-state index contributed by atoms with van der Waals surface area (Å²) in [6.45, 7) is 0. The van der Waals surface area contributed by atoms with Crippen LogP contribution in [0.15, 0.2) is 58.7 Å². The Kier molecular flexibility index (Phi) is 3.32. The van der Waals surface area contributed by atoms with E-state index in [-0.39, 0.29) is 0 Å². The standard InChI is InChI=1S/C15H11N5OS/c1-2-12-13(18-9-17-12)7-11(1)14-19-20-15(21-14)22-8-10-3-5-16-6-4-10/h1-7,9H,8H2,(H,17,18). The molecular weight excluding hydrogens is 298 g/mol. The van der Waals surface area contributed by atoms with Crippen LogP contribution in [0.3, 0.4) is 0 Å². The van der Waals surface area contributed by atoms with E-state index in [4.69, 9.17) is 4.42 Å². The Hall–Kier alpha value is -2.67. The molecule has 3 aromatic heterocycles. The zero-order valence-corrected chi connectivity index (χ0v) is 12.2. The van der Waals surface area contributed by atoms with Crippen LogP contribution < -0.4 is 0 Å². The number of aromatic nitrogens is 5. The lowest BCUT2D eigenvalue weighted by molar-refractivity contribution is 0.466. The molecule has 7 heteroatoms. The van der Waals surface area contributed by atoms with Crippen molar-refractivity contribution < 1.29 is 4.42 Å². The van der Waals surface area contributed by atoms with E-state index in [0.29, 0.717) is 11.1 Å². The molecule has 0 fully saturated rings. The van der Waals surface area contributed by atoms with E-state index in [9.17, 15) is 0 Å². The molecule has 0 atom stereocenters. The zero-order valence-electron chi connectivity index (χ0n) is 11.4. The van der Waals surface area contributed by atoms with Crippen LogP contribution in [0.5, 0.6) is 0 Å². The fourth-order valence-corrected chi connectivity index (χ4v) is 2.79. The summed E-state index contributed by atoms with van der Waals surface area (Å²) in [5.41, 5.74) is 3.89. The number of benzene rings is 1. The number of rotatable bonds is 4. The minimum Gasteiger partial charge on any atom is -0.411 e. The molecule has 0 unspecified atom stereocenters. The van der Waals surface area contributed by atoms with Crippen LogP contribution in [-0.2, 0) is 5.75 Å². The van der Waals surface area contributed by atoms with Crippen molar-refractivity contribution in [2.24, 2.45) is 0 Å². The van der Waals surface area contributed by atoms with Gasteiger partial charge in [0.2, 0.25) is 5.89 Å². The first kappa shape index (κ1) is 13.0. The smallest absolute Gasteiger partial charge is 0.277 e. The molecule has 108 valence electrons. The van der Waals surface area contributed by atoms with Gasteiger partial charge in [0, 0.05) is 23.7 Å². The summed E-state index contributed by atoms with van der Waals surface area (Å²) in [5.74, 6) is 1.27. The largest absolute Gasteiger partial charge is 0.411 e. The van der Waals surface area contributed by atoms with Crippen molar-refractivity contribution in [1.29, 1.82) is 0 Å². The second kappa shape index (κ2) is 5.61. The zero-order chi connectivity index (χ0) is 14.8. The summed E-state index contributed by atoms with van der Waals surface area (Å²) in [4.78, 5) is 11.3. The fourth-order valence-electron chi connectivity index (χ4n) is 2.07. The molecule has 0 radical (unpaired) electrons. The Balaban J connectivity index is 1.53. The number of nitrogens with zero attached hydrogens (tertiary/aromatic N) is 4. The van der Waals surface area contributed by atoms with Crippen LogP contribution in [0.4, 0.5) is 0 Å². The average Bonchev–Trinajstić information content (AvgIpc) is 3.22. The van der Waals surface area contributed by atoms with Gasteiger partial charge in [-0.2, -0.15) is 0 Å². The number of aromatic amines is 1. The Bertz CT molecular complexity index is 902. The summed E-state index contributed by atoms with van der Waals surface area (Å²) in [5, 5.41) is 8.73. The molecular formula is C15H11N5OS. The maximum absolute atomic E-state index is 5.70. The van der Waals surface area contributed by atoms with Gasteiger partial charge in [0.05, 0.1) is 17.4 Å². The van der Waals surface area contributed by atoms with Crippen molar-refractivity contribution >= 4 is 22.8 Å². The topological polar surface area (TPSA) is 80.5 Å². The lowest BCUT2D eigenvalue weighted by Gasteiger charge is -1.96. The van der Waals surface area contributed by atoms with E-state index in [1.165, 1.54) is 11.8 Å². The first-order valence-electron chi connectivity index (χ1n) is 6.67. The number of nitrogens with one attached hydrogen (secondary N) is 1. The van der Waals surface area contributed by atoms with E-state index in [1.807, 2.05) is 30.3 Å². The van der Waals surface area contributed by atoms with E-state index >= 15 is 0 Å². The number of hydrogen-bond acceptors (Lipinski definition) is 6. The molecule has 0 aliphatic rings. The predicted octanol–water partition coefficient (Wildman–Crippen LogP) is 3.30. The maximum atomic E-state index is 5.70. The molecule has 4 rings (SSSR count). The minimum atomic E-state index is 0.502. The predicted molar refractivity (Wildman–Crippen MR) is 83.2 cm³/mol. The molecule has 0 bridgehead atoms. The van der Waals surface area contributed by atoms with Crippen LogP contribution in [-0.4, -0.2) is 25.1 Å². The van der Waals surface area contributed by atoms with Gasteiger partial charge in [-0.15, -0.1) is 10.2 Å². The SMILES string of the molecule is c1cc(CSc2nnc(-c3ccc4[nH]cnc4c3)o2)ccn1. The van der Waals surface area contributed by atoms with Gasteiger partial charge in [0.1, 0.15) is 0 Å². The first-order chi connectivity index (χ1) is 10.9. The first-order valence-corrected chi connectivity index (χ1v) is 7.66. The molecule has 3 heterocycles. The highest BCUT2D eigenvalue weighted by Gasteiger charge is 2.10. The Morgan fingerprint density at radius 2 is 2.00 bits per heavy atom. The van der Waals surface area contributed by atoms with E-state index in [0.717, 1.165) is 27.9 Å². The van der Waals surface area contributed by atoms with Gasteiger partial charge < -0.3 is 9.40 Å². The summed E-state index contributed by atoms with van der Waals surface area (Å²) in [6, 6.07) is 9.75. The summed E-state index contributed by atoms with van der Waals surface area (Å²) >= 11 is 1.50. The monoisotopic (exact) mass is 309 g/mol. The Labute approximate surface area is 130 Å². The maximum Gasteiger partial charge on any atom is 0.277 e. The van der Waals surface area contributed by atoms with Gasteiger partial charge in [-0.3, -0.25) is 4.98 Å². The van der Waals surface area contributed by atoms with Gasteiger partial charge >= 0.3 is 0 Å². The average molecular weight is 309 g/mol. The molecule has 0 aliphatic heterocycles. The van der Waals surface area contributed by atoms with Crippen molar-refractivity contribution in [3.8, 4) is 11.5 Å². The molecule has 0 spiro atoms. The second-order valence-electron chi connectivity index (χ2n) is 4.65. The number of hydrogen-bond donors (Lipinski definition) is 1. The Morgan fingerprint density at radius 3 is 2.91 bits per heavy atom. The number of fused-ring (bicyclic) bond motifs is 1. The third-order valence-corrected chi connectivity index (χ3v) is 4.08. The highest BCUT2D eigenvalue weighted by molar-refractivity contribution is 7.98. The molecule has 1 N–H and O–H groups in total. The van der Waals surface area contributed by atoms with Crippen LogP contribution in [0, 0.1) is 0 Å². The fraction of sp³-hybridized carbons (Fsp3) is 0.0667. The number of thioether (sulfide) groups is 1. The summed E-state index contributed by atoms with van der Waals surface area (Å²) < 4.78 is 5.70. The van der Waals surface area contributed by atoms with Crippen LogP contribution in [0.1, 0.15) is 5.56 Å². The molecule has 0 saturated heterocycles. The minimum absolute atomic E-state index is 0.502. The molecule has 6 nitrogen and oxygen atoms in total. The van der Waals surface area contributed by atoms with Crippen molar-refractivity contribution in [1.82, 2.24) is 25.1 Å². The van der Waals surface area contributed by atoms with Crippen LogP contribution >= 0.6 is 11.8 Å².